The molecule has 0 radical (unpaired) electrons. The average molecular weight is 841 g/mol. The molecule has 1 saturated carbocycles. The number of ether oxygens (including phenoxy) is 2. The number of benzene rings is 1. The predicted octanol–water partition coefficient (Wildman–Crippen LogP) is 6.37. The van der Waals surface area contributed by atoms with Crippen molar-refractivity contribution in [2.24, 2.45) is 11.3 Å². The van der Waals surface area contributed by atoms with E-state index < -0.39 is 35.4 Å². The van der Waals surface area contributed by atoms with Gasteiger partial charge in [0.15, 0.2) is 0 Å². The summed E-state index contributed by atoms with van der Waals surface area (Å²) in [5.74, 6) is -1.49. The second-order valence-corrected chi connectivity index (χ2v) is 18.6. The summed E-state index contributed by atoms with van der Waals surface area (Å²) in [4.78, 5) is 69.0. The van der Waals surface area contributed by atoms with Crippen LogP contribution >= 0.6 is 11.3 Å². The van der Waals surface area contributed by atoms with E-state index in [2.05, 4.69) is 60.3 Å². The smallest absolute Gasteiger partial charge is 0.324 e. The number of esters is 1. The van der Waals surface area contributed by atoms with Crippen LogP contribution in [-0.2, 0) is 43.2 Å². The first-order valence-corrected chi connectivity index (χ1v) is 22.1. The van der Waals surface area contributed by atoms with E-state index in [-0.39, 0.29) is 43.0 Å². The number of methoxy groups -OCH3 is 1. The van der Waals surface area contributed by atoms with Crippen LogP contribution < -0.4 is 10.7 Å². The number of hydrogen-bond acceptors (Lipinski definition) is 10. The number of urea groups is 1. The van der Waals surface area contributed by atoms with Crippen molar-refractivity contribution in [1.29, 1.82) is 0 Å². The fourth-order valence-corrected chi connectivity index (χ4v) is 9.58. The second kappa shape index (κ2) is 17.6. The Hall–Kier alpha value is -4.86. The standard InChI is InChI=1S/C45H60N8O6S/c1-10-52-36-18-15-28-21-31(36)32(40(52)30-13-11-19-46-38(30)27(4)58-9)23-45(5,6)25-59-43(56)33-14-12-20-53(49-33)42(55)34(22-37-47-35(28)24-60-37)48-41(54)39(26(2)3)51(8)44(57)50(7)29-16-17-29/h11,13,15,18-19,21,24,26-27,29,33-34,39,49H,10,12,14,16-17,20,22-23,25H2,1-9H3,(H,48,54)/t27-,33-,34-,39-/m0/s1. The molecular weight excluding hydrogens is 781 g/mol. The summed E-state index contributed by atoms with van der Waals surface area (Å²) in [5, 5.41) is 8.20. The molecule has 2 N–H and O–H groups in total. The van der Waals surface area contributed by atoms with Gasteiger partial charge in [0.2, 0.25) is 5.91 Å². The fraction of sp³-hybridized carbons (Fsp3) is 0.556. The lowest BCUT2D eigenvalue weighted by Gasteiger charge is -2.37. The molecule has 3 aliphatic rings. The van der Waals surface area contributed by atoms with Crippen LogP contribution in [0.3, 0.4) is 0 Å². The van der Waals surface area contributed by atoms with Crippen molar-refractivity contribution in [1.82, 2.24) is 40.1 Å². The Labute approximate surface area is 357 Å². The van der Waals surface area contributed by atoms with Gasteiger partial charge in [0.1, 0.15) is 18.1 Å². The average Bonchev–Trinajstić information content (AvgIpc) is 3.92. The van der Waals surface area contributed by atoms with Gasteiger partial charge in [-0.15, -0.1) is 11.3 Å². The lowest BCUT2D eigenvalue weighted by molar-refractivity contribution is -0.155. The Bertz CT molecular complexity index is 2250. The van der Waals surface area contributed by atoms with E-state index in [1.165, 1.54) is 21.2 Å². The highest BCUT2D eigenvalue weighted by atomic mass is 32.1. The number of pyridine rings is 1. The highest BCUT2D eigenvalue weighted by molar-refractivity contribution is 7.10. The molecule has 6 bridgehead atoms. The Balaban J connectivity index is 1.30. The van der Waals surface area contributed by atoms with E-state index in [1.54, 1.807) is 32.3 Å². The molecule has 1 aliphatic carbocycles. The third kappa shape index (κ3) is 8.80. The van der Waals surface area contributed by atoms with Crippen molar-refractivity contribution in [2.75, 3.05) is 34.4 Å². The molecule has 4 aromatic rings. The van der Waals surface area contributed by atoms with Crippen LogP contribution in [0.15, 0.2) is 41.9 Å². The predicted molar refractivity (Wildman–Crippen MR) is 232 cm³/mol. The van der Waals surface area contributed by atoms with Crippen molar-refractivity contribution in [3.8, 4) is 22.5 Å². The zero-order valence-corrected chi connectivity index (χ0v) is 37.2. The van der Waals surface area contributed by atoms with Crippen molar-refractivity contribution in [3.63, 3.8) is 0 Å². The molecule has 5 heterocycles. The highest BCUT2D eigenvalue weighted by Crippen LogP contribution is 2.42. The number of likely N-dealkylation sites (N-methyl/N-ethyl adjacent to an activating group) is 1. The molecule has 1 aromatic carbocycles. The Kier molecular flexibility index (Phi) is 12.7. The number of fused-ring (bicyclic) bond motifs is 6. The molecule has 2 aliphatic heterocycles. The summed E-state index contributed by atoms with van der Waals surface area (Å²) < 4.78 is 14.2. The van der Waals surface area contributed by atoms with Gasteiger partial charge in [-0.3, -0.25) is 24.4 Å². The molecular formula is C45H60N8O6S. The molecule has 322 valence electrons. The van der Waals surface area contributed by atoms with E-state index >= 15 is 0 Å². The number of rotatable bonds is 9. The summed E-state index contributed by atoms with van der Waals surface area (Å²) in [7, 11) is 5.10. The Morgan fingerprint density at radius 2 is 1.90 bits per heavy atom. The molecule has 4 amide bonds. The Morgan fingerprint density at radius 3 is 2.60 bits per heavy atom. The van der Waals surface area contributed by atoms with Crippen LogP contribution in [0.4, 0.5) is 4.79 Å². The number of carbonyl (C=O) groups is 4. The zero-order chi connectivity index (χ0) is 43.0. The van der Waals surface area contributed by atoms with E-state index in [1.807, 2.05) is 32.2 Å². The summed E-state index contributed by atoms with van der Waals surface area (Å²) in [6.07, 6.45) is 5.21. The molecule has 14 nitrogen and oxygen atoms in total. The number of cyclic esters (lactones) is 1. The van der Waals surface area contributed by atoms with Crippen molar-refractivity contribution >= 4 is 46.1 Å². The summed E-state index contributed by atoms with van der Waals surface area (Å²) in [5.41, 5.74) is 9.40. The van der Waals surface area contributed by atoms with Gasteiger partial charge in [-0.05, 0) is 81.7 Å². The first kappa shape index (κ1) is 43.2. The van der Waals surface area contributed by atoms with Gasteiger partial charge in [0.25, 0.3) is 5.91 Å². The van der Waals surface area contributed by atoms with Gasteiger partial charge < -0.3 is 29.2 Å². The maximum Gasteiger partial charge on any atom is 0.324 e. The van der Waals surface area contributed by atoms with Gasteiger partial charge in [-0.1, -0.05) is 33.8 Å². The van der Waals surface area contributed by atoms with Gasteiger partial charge >= 0.3 is 12.0 Å². The van der Waals surface area contributed by atoms with Crippen LogP contribution in [-0.4, -0.2) is 112 Å². The third-order valence-corrected chi connectivity index (χ3v) is 13.0. The minimum absolute atomic E-state index is 0.118. The lowest BCUT2D eigenvalue weighted by Crippen LogP contribution is -2.62. The van der Waals surface area contributed by atoms with Crippen molar-refractivity contribution in [3.05, 3.63) is 58.2 Å². The fourth-order valence-electron chi connectivity index (χ4n) is 8.73. The first-order valence-electron chi connectivity index (χ1n) is 21.2. The largest absolute Gasteiger partial charge is 0.464 e. The van der Waals surface area contributed by atoms with Gasteiger partial charge in [0.05, 0.1) is 34.8 Å². The summed E-state index contributed by atoms with van der Waals surface area (Å²) in [6.45, 7) is 13.3. The number of amides is 4. The number of hydrazine groups is 1. The third-order valence-electron chi connectivity index (χ3n) is 12.2. The minimum Gasteiger partial charge on any atom is -0.464 e. The number of hydrogen-bond donors (Lipinski definition) is 2. The van der Waals surface area contributed by atoms with E-state index in [0.29, 0.717) is 37.4 Å². The molecule has 2 fully saturated rings. The van der Waals surface area contributed by atoms with Crippen LogP contribution in [0.25, 0.3) is 33.4 Å². The number of nitrogens with one attached hydrogen (secondary N) is 2. The summed E-state index contributed by atoms with van der Waals surface area (Å²) >= 11 is 1.43. The van der Waals surface area contributed by atoms with Crippen LogP contribution in [0.1, 0.15) is 89.6 Å². The lowest BCUT2D eigenvalue weighted by atomic mass is 9.84. The first-order chi connectivity index (χ1) is 28.6. The normalized spacial score (nSPS) is 20.7. The van der Waals surface area contributed by atoms with Crippen LogP contribution in [0.2, 0.25) is 0 Å². The molecule has 0 unspecified atom stereocenters. The molecule has 0 spiro atoms. The summed E-state index contributed by atoms with van der Waals surface area (Å²) in [6, 6.07) is 7.79. The van der Waals surface area contributed by atoms with Crippen molar-refractivity contribution < 1.29 is 28.7 Å². The van der Waals surface area contributed by atoms with Crippen LogP contribution in [0.5, 0.6) is 0 Å². The van der Waals surface area contributed by atoms with Gasteiger partial charge in [-0.2, -0.15) is 0 Å². The van der Waals surface area contributed by atoms with Crippen molar-refractivity contribution in [2.45, 2.75) is 117 Å². The highest BCUT2D eigenvalue weighted by Gasteiger charge is 2.40. The monoisotopic (exact) mass is 840 g/mol. The molecule has 15 heteroatoms. The SMILES string of the molecule is CCn1c(-c2cccnc2[C@H](C)OC)c2c3cc(ccc31)-c1csc(n1)C[C@H](NC(=O)[C@H](C(C)C)N(C)C(=O)N(C)C1CC1)C(=O)N1CCC[C@H](N1)C(=O)OCC(C)(C)C2. The second-order valence-electron chi connectivity index (χ2n) is 17.7. The Morgan fingerprint density at radius 1 is 1.13 bits per heavy atom. The number of thiazole rings is 1. The maximum atomic E-state index is 14.5. The maximum absolute atomic E-state index is 14.5. The molecule has 60 heavy (non-hydrogen) atoms. The van der Waals surface area contributed by atoms with Crippen LogP contribution in [0, 0.1) is 11.3 Å². The minimum atomic E-state index is -1.03. The van der Waals surface area contributed by atoms with Gasteiger partial charge in [-0.25, -0.2) is 15.2 Å². The number of aromatic nitrogens is 3. The number of carbonyl (C=O) groups excluding carboxylic acids is 4. The molecule has 1 saturated heterocycles. The molecule has 7 rings (SSSR count). The molecule has 4 atom stereocenters. The number of nitrogens with zero attached hydrogens (tertiary/aromatic N) is 6. The van der Waals surface area contributed by atoms with E-state index in [0.717, 1.165) is 57.5 Å². The van der Waals surface area contributed by atoms with E-state index in [9.17, 15) is 19.2 Å². The quantitative estimate of drug-likeness (QED) is 0.183. The van der Waals surface area contributed by atoms with E-state index in [4.69, 9.17) is 19.4 Å². The number of aryl methyl sites for hydroxylation is 1. The molecule has 3 aromatic heterocycles. The zero-order valence-electron chi connectivity index (χ0n) is 36.4. The van der Waals surface area contributed by atoms with Gasteiger partial charge in [0, 0.05) is 85.8 Å². The topological polar surface area (TPSA) is 151 Å².